The van der Waals surface area contributed by atoms with Gasteiger partial charge in [-0.2, -0.15) is 0 Å². The van der Waals surface area contributed by atoms with E-state index in [1.807, 2.05) is 24.3 Å². The number of piperidine rings is 1. The Morgan fingerprint density at radius 3 is 2.64 bits per heavy atom. The third kappa shape index (κ3) is 6.19. The molecule has 122 valence electrons. The minimum Gasteiger partial charge on any atom is -0.353 e. The number of nitrogens with zero attached hydrogens (tertiary/aromatic N) is 1. The smallest absolute Gasteiger partial charge is 0.221 e. The van der Waals surface area contributed by atoms with Gasteiger partial charge in [0, 0.05) is 41.2 Å². The lowest BCUT2D eigenvalue weighted by Crippen LogP contribution is -2.44. The van der Waals surface area contributed by atoms with Crippen molar-refractivity contribution in [1.82, 2.24) is 10.2 Å². The highest BCUT2D eigenvalue weighted by Gasteiger charge is 2.19. The van der Waals surface area contributed by atoms with E-state index in [0.29, 0.717) is 12.5 Å². The van der Waals surface area contributed by atoms with E-state index in [1.54, 1.807) is 11.8 Å². The molecule has 1 N–H and O–H groups in total. The summed E-state index contributed by atoms with van der Waals surface area (Å²) in [5, 5.41) is 3.92. The van der Waals surface area contributed by atoms with Gasteiger partial charge >= 0.3 is 0 Å². The lowest BCUT2D eigenvalue weighted by atomic mass is 10.0. The Labute approximate surface area is 142 Å². The van der Waals surface area contributed by atoms with Gasteiger partial charge in [-0.05, 0) is 50.1 Å². The predicted octanol–water partition coefficient (Wildman–Crippen LogP) is 3.81. The number of likely N-dealkylation sites (tertiary alicyclic amines) is 1. The van der Waals surface area contributed by atoms with Crippen LogP contribution in [0.4, 0.5) is 0 Å². The third-order valence-electron chi connectivity index (χ3n) is 3.90. The van der Waals surface area contributed by atoms with Crippen LogP contribution < -0.4 is 5.32 Å². The van der Waals surface area contributed by atoms with Crippen LogP contribution in [0.5, 0.6) is 0 Å². The first-order chi connectivity index (χ1) is 10.7. The number of benzene rings is 1. The molecule has 0 atom stereocenters. The molecule has 0 aromatic heterocycles. The Morgan fingerprint density at radius 2 is 2.00 bits per heavy atom. The molecule has 1 aliphatic rings. The van der Waals surface area contributed by atoms with E-state index in [9.17, 15) is 4.79 Å². The number of carbonyl (C=O) groups excluding carboxylic acids is 1. The first-order valence-electron chi connectivity index (χ1n) is 8.07. The summed E-state index contributed by atoms with van der Waals surface area (Å²) < 4.78 is 0. The van der Waals surface area contributed by atoms with E-state index in [0.717, 1.165) is 41.6 Å². The molecule has 2 rings (SSSR count). The van der Waals surface area contributed by atoms with Gasteiger partial charge in [0.25, 0.3) is 0 Å². The topological polar surface area (TPSA) is 32.3 Å². The van der Waals surface area contributed by atoms with Crippen molar-refractivity contribution in [2.24, 2.45) is 0 Å². The van der Waals surface area contributed by atoms with Gasteiger partial charge in [-0.1, -0.05) is 18.5 Å². The maximum absolute atomic E-state index is 12.0. The van der Waals surface area contributed by atoms with Crippen molar-refractivity contribution >= 4 is 29.3 Å². The molecule has 0 aliphatic carbocycles. The number of thioether (sulfide) groups is 1. The lowest BCUT2D eigenvalue weighted by Gasteiger charge is -2.32. The molecule has 0 bridgehead atoms. The fraction of sp³-hybridized carbons (Fsp3) is 0.588. The molecule has 1 heterocycles. The van der Waals surface area contributed by atoms with E-state index >= 15 is 0 Å². The molecule has 22 heavy (non-hydrogen) atoms. The molecular weight excluding hydrogens is 316 g/mol. The van der Waals surface area contributed by atoms with Gasteiger partial charge in [0.05, 0.1) is 0 Å². The molecule has 3 nitrogen and oxygen atoms in total. The van der Waals surface area contributed by atoms with Gasteiger partial charge in [-0.3, -0.25) is 4.79 Å². The summed E-state index contributed by atoms with van der Waals surface area (Å²) in [6.07, 6.45) is 3.94. The van der Waals surface area contributed by atoms with E-state index in [1.165, 1.54) is 13.0 Å². The summed E-state index contributed by atoms with van der Waals surface area (Å²) in [5.74, 6) is 0.984. The average molecular weight is 341 g/mol. The number of nitrogens with one attached hydrogen (secondary N) is 1. The number of rotatable bonds is 7. The van der Waals surface area contributed by atoms with Gasteiger partial charge in [0.15, 0.2) is 0 Å². The van der Waals surface area contributed by atoms with Gasteiger partial charge in [0.2, 0.25) is 5.91 Å². The highest BCUT2D eigenvalue weighted by atomic mass is 35.5. The normalized spacial score (nSPS) is 16.6. The maximum Gasteiger partial charge on any atom is 0.221 e. The highest BCUT2D eigenvalue weighted by Crippen LogP contribution is 2.21. The summed E-state index contributed by atoms with van der Waals surface area (Å²) in [6, 6.07) is 8.12. The van der Waals surface area contributed by atoms with Crippen molar-refractivity contribution in [3.8, 4) is 0 Å². The molecule has 1 amide bonds. The minimum atomic E-state index is 0.176. The summed E-state index contributed by atoms with van der Waals surface area (Å²) >= 11 is 7.56. The lowest BCUT2D eigenvalue weighted by molar-refractivity contribution is -0.121. The molecular formula is C17H25ClN2OS. The largest absolute Gasteiger partial charge is 0.353 e. The van der Waals surface area contributed by atoms with Crippen molar-refractivity contribution < 1.29 is 4.79 Å². The van der Waals surface area contributed by atoms with Gasteiger partial charge in [-0.25, -0.2) is 0 Å². The zero-order chi connectivity index (χ0) is 15.8. The van der Waals surface area contributed by atoms with Gasteiger partial charge in [0.1, 0.15) is 0 Å². The molecule has 0 unspecified atom stereocenters. The molecule has 1 fully saturated rings. The minimum absolute atomic E-state index is 0.176. The number of amides is 1. The van der Waals surface area contributed by atoms with E-state index < -0.39 is 0 Å². The van der Waals surface area contributed by atoms with Crippen LogP contribution >= 0.6 is 23.4 Å². The molecule has 1 saturated heterocycles. The van der Waals surface area contributed by atoms with Crippen molar-refractivity contribution in [2.45, 2.75) is 43.5 Å². The summed E-state index contributed by atoms with van der Waals surface area (Å²) in [4.78, 5) is 15.6. The van der Waals surface area contributed by atoms with Crippen LogP contribution in [-0.4, -0.2) is 42.2 Å². The Kier molecular flexibility index (Phi) is 7.56. The molecule has 5 heteroatoms. The summed E-state index contributed by atoms with van der Waals surface area (Å²) in [6.45, 7) is 5.61. The third-order valence-corrected chi connectivity index (χ3v) is 5.17. The average Bonchev–Trinajstić information content (AvgIpc) is 2.51. The quantitative estimate of drug-likeness (QED) is 0.766. The first kappa shape index (κ1) is 17.6. The standard InChI is InChI=1S/C17H25ClN2OS/c1-2-10-20-11-7-15(8-12-20)19-17(21)9-13-22-16-5-3-14(18)4-6-16/h3-6,15H,2,7-13H2,1H3,(H,19,21). The monoisotopic (exact) mass is 340 g/mol. The molecule has 1 aromatic rings. The van der Waals surface area contributed by atoms with Crippen LogP contribution in [0.25, 0.3) is 0 Å². The Morgan fingerprint density at radius 1 is 1.32 bits per heavy atom. The van der Waals surface area contributed by atoms with Crippen LogP contribution in [0, 0.1) is 0 Å². The number of hydrogen-bond donors (Lipinski definition) is 1. The van der Waals surface area contributed by atoms with Crippen LogP contribution in [0.2, 0.25) is 5.02 Å². The van der Waals surface area contributed by atoms with E-state index in [-0.39, 0.29) is 5.91 Å². The number of hydrogen-bond acceptors (Lipinski definition) is 3. The van der Waals surface area contributed by atoms with Gasteiger partial charge in [-0.15, -0.1) is 11.8 Å². The van der Waals surface area contributed by atoms with Crippen molar-refractivity contribution in [3.05, 3.63) is 29.3 Å². The molecule has 1 aromatic carbocycles. The van der Waals surface area contributed by atoms with Crippen LogP contribution in [0.15, 0.2) is 29.2 Å². The second kappa shape index (κ2) is 9.43. The van der Waals surface area contributed by atoms with Crippen LogP contribution in [-0.2, 0) is 4.79 Å². The number of carbonyl (C=O) groups is 1. The molecule has 0 saturated carbocycles. The number of halogens is 1. The fourth-order valence-corrected chi connectivity index (χ4v) is 3.69. The van der Waals surface area contributed by atoms with E-state index in [2.05, 4.69) is 17.1 Å². The zero-order valence-electron chi connectivity index (χ0n) is 13.2. The SMILES string of the molecule is CCCN1CCC(NC(=O)CCSc2ccc(Cl)cc2)CC1. The van der Waals surface area contributed by atoms with Crippen LogP contribution in [0.1, 0.15) is 32.6 Å². The van der Waals surface area contributed by atoms with E-state index in [4.69, 9.17) is 11.6 Å². The summed E-state index contributed by atoms with van der Waals surface area (Å²) in [5.41, 5.74) is 0. The Hall–Kier alpha value is -0.710. The molecule has 0 radical (unpaired) electrons. The Balaban J connectivity index is 1.61. The first-order valence-corrected chi connectivity index (χ1v) is 9.44. The van der Waals surface area contributed by atoms with Crippen molar-refractivity contribution in [1.29, 1.82) is 0 Å². The fourth-order valence-electron chi connectivity index (χ4n) is 2.71. The highest BCUT2D eigenvalue weighted by molar-refractivity contribution is 7.99. The maximum atomic E-state index is 12.0. The van der Waals surface area contributed by atoms with Gasteiger partial charge < -0.3 is 10.2 Å². The second-order valence-electron chi connectivity index (χ2n) is 5.74. The zero-order valence-corrected chi connectivity index (χ0v) is 14.8. The Bertz CT molecular complexity index is 458. The molecule has 1 aliphatic heterocycles. The predicted molar refractivity (Wildman–Crippen MR) is 94.7 cm³/mol. The van der Waals surface area contributed by atoms with Crippen molar-refractivity contribution in [3.63, 3.8) is 0 Å². The second-order valence-corrected chi connectivity index (χ2v) is 7.34. The van der Waals surface area contributed by atoms with Crippen molar-refractivity contribution in [2.75, 3.05) is 25.4 Å². The molecule has 0 spiro atoms. The van der Waals surface area contributed by atoms with Crippen LogP contribution in [0.3, 0.4) is 0 Å². The summed E-state index contributed by atoms with van der Waals surface area (Å²) in [7, 11) is 0.